The van der Waals surface area contributed by atoms with Gasteiger partial charge >= 0.3 is 11.9 Å². The summed E-state index contributed by atoms with van der Waals surface area (Å²) in [4.78, 5) is 61.3. The molecule has 178 valence electrons. The van der Waals surface area contributed by atoms with Crippen molar-refractivity contribution in [3.05, 3.63) is 36.0 Å². The lowest BCUT2D eigenvalue weighted by Crippen LogP contribution is -2.55. The second kappa shape index (κ2) is 11.6. The summed E-state index contributed by atoms with van der Waals surface area (Å²) in [7, 11) is 0. The van der Waals surface area contributed by atoms with Crippen molar-refractivity contribution in [2.75, 3.05) is 13.2 Å². The van der Waals surface area contributed by atoms with Gasteiger partial charge in [0.25, 0.3) is 0 Å². The van der Waals surface area contributed by atoms with Crippen molar-refractivity contribution in [3.8, 4) is 0 Å². The van der Waals surface area contributed by atoms with Gasteiger partial charge in [-0.3, -0.25) is 19.2 Å². The monoisotopic (exact) mass is 463 g/mol. The Labute approximate surface area is 187 Å². The van der Waals surface area contributed by atoms with Gasteiger partial charge in [0.1, 0.15) is 12.1 Å². The highest BCUT2D eigenvalue weighted by Gasteiger charge is 2.27. The largest absolute Gasteiger partial charge is 0.481 e. The normalized spacial score (nSPS) is 13.5. The molecule has 13 heteroatoms. The number of aliphatic hydroxyl groups excluding tert-OH is 1. The maximum Gasteiger partial charge on any atom is 0.326 e. The first-order chi connectivity index (χ1) is 15.6. The number of aromatic amines is 1. The predicted octanol–water partition coefficient (Wildman–Crippen LogP) is -2.32. The number of aliphatic carboxylic acids is 2. The van der Waals surface area contributed by atoms with Crippen molar-refractivity contribution < 1.29 is 39.3 Å². The molecule has 1 heterocycles. The fourth-order valence-corrected chi connectivity index (χ4v) is 3.01. The molecule has 13 nitrogen and oxygen atoms in total. The zero-order valence-corrected chi connectivity index (χ0v) is 17.4. The van der Waals surface area contributed by atoms with Gasteiger partial charge < -0.3 is 42.0 Å². The Balaban J connectivity index is 1.94. The molecular weight excluding hydrogens is 438 g/mol. The molecule has 3 atom stereocenters. The van der Waals surface area contributed by atoms with Crippen molar-refractivity contribution in [3.63, 3.8) is 0 Å². The maximum atomic E-state index is 12.5. The Morgan fingerprint density at radius 2 is 1.70 bits per heavy atom. The van der Waals surface area contributed by atoms with Crippen LogP contribution in [-0.4, -0.2) is 81.2 Å². The molecule has 3 amide bonds. The Hall–Kier alpha value is -3.97. The van der Waals surface area contributed by atoms with E-state index >= 15 is 0 Å². The number of carboxylic acid groups (broad SMARTS) is 2. The number of H-pyrrole nitrogens is 1. The molecule has 1 aromatic carbocycles. The number of fused-ring (bicyclic) bond motifs is 1. The minimum atomic E-state index is -1.48. The summed E-state index contributed by atoms with van der Waals surface area (Å²) in [5, 5.41) is 34.9. The number of rotatable bonds is 12. The highest BCUT2D eigenvalue weighted by molar-refractivity contribution is 5.93. The van der Waals surface area contributed by atoms with Gasteiger partial charge in [0.05, 0.1) is 25.6 Å². The summed E-state index contributed by atoms with van der Waals surface area (Å²) in [6.07, 6.45) is 0.951. The predicted molar refractivity (Wildman–Crippen MR) is 114 cm³/mol. The zero-order valence-electron chi connectivity index (χ0n) is 17.4. The number of carbonyl (C=O) groups excluding carboxylic acids is 3. The lowest BCUT2D eigenvalue weighted by Gasteiger charge is -2.20. The van der Waals surface area contributed by atoms with Crippen molar-refractivity contribution in [2.45, 2.75) is 31.0 Å². The van der Waals surface area contributed by atoms with Crippen LogP contribution in [0.5, 0.6) is 0 Å². The van der Waals surface area contributed by atoms with E-state index in [0.29, 0.717) is 5.56 Å². The van der Waals surface area contributed by atoms with E-state index in [-0.39, 0.29) is 6.42 Å². The van der Waals surface area contributed by atoms with Crippen molar-refractivity contribution >= 4 is 40.6 Å². The number of aromatic nitrogens is 1. The Morgan fingerprint density at radius 1 is 1.00 bits per heavy atom. The van der Waals surface area contributed by atoms with E-state index in [1.54, 1.807) is 18.3 Å². The zero-order chi connectivity index (χ0) is 24.5. The second-order valence-corrected chi connectivity index (χ2v) is 7.19. The first kappa shape index (κ1) is 25.3. The minimum Gasteiger partial charge on any atom is -0.481 e. The smallest absolute Gasteiger partial charge is 0.326 e. The number of nitrogens with one attached hydrogen (secondary N) is 4. The van der Waals surface area contributed by atoms with E-state index in [1.165, 1.54) is 0 Å². The molecule has 0 saturated heterocycles. The van der Waals surface area contributed by atoms with Crippen LogP contribution >= 0.6 is 0 Å². The molecule has 0 radical (unpaired) electrons. The number of para-hydroxylation sites is 1. The molecule has 3 unspecified atom stereocenters. The molecule has 0 spiro atoms. The average molecular weight is 463 g/mol. The molecule has 0 bridgehead atoms. The number of carboxylic acids is 2. The fraction of sp³-hybridized carbons (Fsp3) is 0.350. The molecule has 0 aliphatic carbocycles. The van der Waals surface area contributed by atoms with E-state index in [9.17, 15) is 34.2 Å². The van der Waals surface area contributed by atoms with Crippen LogP contribution in [0.25, 0.3) is 10.9 Å². The third-order valence-electron chi connectivity index (χ3n) is 4.70. The fourth-order valence-electron chi connectivity index (χ4n) is 3.01. The lowest BCUT2D eigenvalue weighted by molar-refractivity contribution is -0.142. The average Bonchev–Trinajstić information content (AvgIpc) is 3.17. The molecule has 2 rings (SSSR count). The summed E-state index contributed by atoms with van der Waals surface area (Å²) in [5.41, 5.74) is 6.82. The van der Waals surface area contributed by atoms with E-state index in [0.717, 1.165) is 10.9 Å². The van der Waals surface area contributed by atoms with Crippen LogP contribution in [0.15, 0.2) is 30.5 Å². The van der Waals surface area contributed by atoms with E-state index < -0.39 is 67.4 Å². The van der Waals surface area contributed by atoms with Gasteiger partial charge in [-0.05, 0) is 11.6 Å². The van der Waals surface area contributed by atoms with E-state index in [4.69, 9.17) is 10.8 Å². The number of aliphatic hydroxyl groups is 1. The highest BCUT2D eigenvalue weighted by atomic mass is 16.4. The van der Waals surface area contributed by atoms with Gasteiger partial charge in [0, 0.05) is 23.5 Å². The SMILES string of the molecule is NC(CC(=O)O)C(=O)NCC(=O)NC(CO)C(=O)NC(Cc1c[nH]c2ccccc12)C(=O)O. The molecule has 9 N–H and O–H groups in total. The number of amides is 3. The quantitative estimate of drug-likeness (QED) is 0.169. The Bertz CT molecular complexity index is 1040. The number of carbonyl (C=O) groups is 5. The second-order valence-electron chi connectivity index (χ2n) is 7.19. The van der Waals surface area contributed by atoms with Crippen LogP contribution in [0.4, 0.5) is 0 Å². The van der Waals surface area contributed by atoms with Crippen LogP contribution in [0, 0.1) is 0 Å². The molecule has 1 aromatic heterocycles. The van der Waals surface area contributed by atoms with Crippen molar-refractivity contribution in [1.29, 1.82) is 0 Å². The highest BCUT2D eigenvalue weighted by Crippen LogP contribution is 2.19. The molecule has 2 aromatic rings. The summed E-state index contributed by atoms with van der Waals surface area (Å²) < 4.78 is 0. The number of hydrogen-bond donors (Lipinski definition) is 8. The van der Waals surface area contributed by atoms with Gasteiger partial charge in [-0.1, -0.05) is 18.2 Å². The van der Waals surface area contributed by atoms with Gasteiger partial charge in [-0.2, -0.15) is 0 Å². The van der Waals surface area contributed by atoms with Crippen LogP contribution in [0.1, 0.15) is 12.0 Å². The number of benzene rings is 1. The van der Waals surface area contributed by atoms with Crippen LogP contribution in [-0.2, 0) is 30.4 Å². The molecular formula is C20H25N5O8. The Morgan fingerprint density at radius 3 is 2.33 bits per heavy atom. The van der Waals surface area contributed by atoms with E-state index in [1.807, 2.05) is 12.1 Å². The Kier molecular flexibility index (Phi) is 8.89. The van der Waals surface area contributed by atoms with E-state index in [2.05, 4.69) is 20.9 Å². The number of hydrogen-bond acceptors (Lipinski definition) is 7. The van der Waals surface area contributed by atoms with Crippen LogP contribution in [0.2, 0.25) is 0 Å². The minimum absolute atomic E-state index is 0.0469. The summed E-state index contributed by atoms with van der Waals surface area (Å²) in [6.45, 7) is -1.46. The summed E-state index contributed by atoms with van der Waals surface area (Å²) in [6, 6.07) is 3.04. The van der Waals surface area contributed by atoms with Gasteiger partial charge in [-0.25, -0.2) is 4.79 Å². The molecule has 0 saturated carbocycles. The maximum absolute atomic E-state index is 12.5. The summed E-state index contributed by atoms with van der Waals surface area (Å²) >= 11 is 0. The van der Waals surface area contributed by atoms with Crippen molar-refractivity contribution in [2.24, 2.45) is 5.73 Å². The first-order valence-corrected chi connectivity index (χ1v) is 9.85. The molecule has 33 heavy (non-hydrogen) atoms. The third-order valence-corrected chi connectivity index (χ3v) is 4.70. The van der Waals surface area contributed by atoms with Gasteiger partial charge in [0.2, 0.25) is 17.7 Å². The lowest BCUT2D eigenvalue weighted by atomic mass is 10.0. The standard InChI is InChI=1S/C20H25N5O8/c21-12(6-17(28)29)18(30)23-8-16(27)24-15(9-26)19(31)25-14(20(32)33)5-10-7-22-13-4-2-1-3-11(10)13/h1-4,7,12,14-15,22,26H,5-6,8-9,21H2,(H,23,30)(H,24,27)(H,25,31)(H,28,29)(H,32,33). The molecule has 0 aliphatic rings. The van der Waals surface area contributed by atoms with Gasteiger partial charge in [-0.15, -0.1) is 0 Å². The van der Waals surface area contributed by atoms with Crippen molar-refractivity contribution in [1.82, 2.24) is 20.9 Å². The van der Waals surface area contributed by atoms with Gasteiger partial charge in [0.15, 0.2) is 0 Å². The molecule has 0 aliphatic heterocycles. The number of nitrogens with two attached hydrogens (primary N) is 1. The first-order valence-electron chi connectivity index (χ1n) is 9.85. The molecule has 0 fully saturated rings. The van der Waals surface area contributed by atoms with Crippen LogP contribution in [0.3, 0.4) is 0 Å². The van der Waals surface area contributed by atoms with Crippen LogP contribution < -0.4 is 21.7 Å². The topological polar surface area (TPSA) is 224 Å². The summed E-state index contributed by atoms with van der Waals surface area (Å²) in [5.74, 6) is -5.30. The third kappa shape index (κ3) is 7.29.